The number of carbonyl (C=O) groups is 1. The number of thioether (sulfide) groups is 1. The predicted octanol–water partition coefficient (Wildman–Crippen LogP) is 3.51. The van der Waals surface area contributed by atoms with Gasteiger partial charge in [0.05, 0.1) is 5.75 Å². The minimum Gasteiger partial charge on any atom is -0.348 e. The van der Waals surface area contributed by atoms with Gasteiger partial charge in [-0.25, -0.2) is 4.98 Å². The first-order valence-electron chi connectivity index (χ1n) is 9.71. The van der Waals surface area contributed by atoms with E-state index in [-0.39, 0.29) is 17.2 Å². The number of rotatable bonds is 6. The predicted molar refractivity (Wildman–Crippen MR) is 119 cm³/mol. The zero-order valence-corrected chi connectivity index (χ0v) is 18.1. The molecule has 1 saturated heterocycles. The van der Waals surface area contributed by atoms with Crippen LogP contribution >= 0.6 is 23.1 Å². The number of thiazole rings is 1. The molecule has 9 heteroatoms. The average molecular weight is 430 g/mol. The minimum absolute atomic E-state index is 0.0814. The topological polar surface area (TPSA) is 80.1 Å². The van der Waals surface area contributed by atoms with E-state index in [1.807, 2.05) is 38.1 Å². The zero-order valence-electron chi connectivity index (χ0n) is 16.5. The van der Waals surface area contributed by atoms with E-state index in [1.165, 1.54) is 23.1 Å². The highest BCUT2D eigenvalue weighted by Gasteiger charge is 2.20. The molecule has 0 unspecified atom stereocenters. The van der Waals surface area contributed by atoms with Gasteiger partial charge in [0.2, 0.25) is 5.91 Å². The van der Waals surface area contributed by atoms with Gasteiger partial charge in [-0.3, -0.25) is 14.2 Å². The van der Waals surface area contributed by atoms with Crippen molar-refractivity contribution in [1.29, 1.82) is 0 Å². The number of fused-ring (bicyclic) bond motifs is 1. The molecule has 1 fully saturated rings. The summed E-state index contributed by atoms with van der Waals surface area (Å²) in [5.41, 5.74) is 2.25. The van der Waals surface area contributed by atoms with Gasteiger partial charge in [0.25, 0.3) is 5.56 Å². The molecule has 1 N–H and O–H groups in total. The van der Waals surface area contributed by atoms with Crippen molar-refractivity contribution < 1.29 is 4.79 Å². The Labute approximate surface area is 177 Å². The molecule has 0 bridgehead atoms. The molecule has 1 aliphatic rings. The Kier molecular flexibility index (Phi) is 5.86. The highest BCUT2D eigenvalue weighted by atomic mass is 32.2. The highest BCUT2D eigenvalue weighted by Crippen LogP contribution is 2.29. The van der Waals surface area contributed by atoms with E-state index >= 15 is 0 Å². The second-order valence-corrected chi connectivity index (χ2v) is 8.91. The van der Waals surface area contributed by atoms with Crippen molar-refractivity contribution in [2.24, 2.45) is 0 Å². The number of nitrogens with one attached hydrogen (secondary N) is 1. The number of aromatic nitrogens is 3. The molecule has 3 heterocycles. The average Bonchev–Trinajstić information content (AvgIpc) is 3.36. The van der Waals surface area contributed by atoms with Crippen LogP contribution in [0.2, 0.25) is 0 Å². The molecular formula is C20H23N5O2S2. The summed E-state index contributed by atoms with van der Waals surface area (Å²) < 4.78 is 2.21. The van der Waals surface area contributed by atoms with Gasteiger partial charge in [-0.1, -0.05) is 35.2 Å². The Morgan fingerprint density at radius 2 is 2.07 bits per heavy atom. The number of anilines is 2. The summed E-state index contributed by atoms with van der Waals surface area (Å²) in [5, 5.41) is 4.28. The van der Waals surface area contributed by atoms with Crippen LogP contribution in [-0.4, -0.2) is 39.3 Å². The van der Waals surface area contributed by atoms with E-state index in [4.69, 9.17) is 0 Å². The van der Waals surface area contributed by atoms with Crippen LogP contribution in [-0.2, 0) is 11.3 Å². The Balaban J connectivity index is 1.54. The largest absolute Gasteiger partial charge is 0.348 e. The molecule has 4 rings (SSSR count). The van der Waals surface area contributed by atoms with Gasteiger partial charge in [-0.2, -0.15) is 4.98 Å². The van der Waals surface area contributed by atoms with Crippen molar-refractivity contribution in [2.75, 3.05) is 29.1 Å². The third-order valence-electron chi connectivity index (χ3n) is 4.80. The number of amides is 1. The SMILES string of the molecule is CCn1c(SCC(=O)Nc2cccc(C)c2)nc2nc(N3CCCC3)sc2c1=O. The molecule has 1 amide bonds. The molecule has 0 spiro atoms. The normalized spacial score (nSPS) is 13.9. The molecule has 0 saturated carbocycles. The number of benzene rings is 1. The van der Waals surface area contributed by atoms with E-state index < -0.39 is 0 Å². The Bertz CT molecular complexity index is 1100. The van der Waals surface area contributed by atoms with Crippen LogP contribution in [0.4, 0.5) is 10.8 Å². The first-order valence-corrected chi connectivity index (χ1v) is 11.5. The Morgan fingerprint density at radius 3 is 2.79 bits per heavy atom. The molecule has 0 aliphatic carbocycles. The monoisotopic (exact) mass is 429 g/mol. The van der Waals surface area contributed by atoms with Crippen molar-refractivity contribution in [3.8, 4) is 0 Å². The smallest absolute Gasteiger partial charge is 0.273 e. The van der Waals surface area contributed by atoms with Crippen LogP contribution in [0.1, 0.15) is 25.3 Å². The van der Waals surface area contributed by atoms with Gasteiger partial charge in [0, 0.05) is 25.3 Å². The van der Waals surface area contributed by atoms with Gasteiger partial charge >= 0.3 is 0 Å². The third kappa shape index (κ3) is 4.30. The Hall–Kier alpha value is -2.39. The summed E-state index contributed by atoms with van der Waals surface area (Å²) in [6.07, 6.45) is 2.30. The Morgan fingerprint density at radius 1 is 1.28 bits per heavy atom. The quantitative estimate of drug-likeness (QED) is 0.477. The van der Waals surface area contributed by atoms with Crippen LogP contribution in [0, 0.1) is 6.92 Å². The third-order valence-corrected chi connectivity index (χ3v) is 6.87. The van der Waals surface area contributed by atoms with Crippen LogP contribution in [0.15, 0.2) is 34.2 Å². The first-order chi connectivity index (χ1) is 14.0. The standard InChI is InChI=1S/C20H23N5O2S2/c1-3-25-18(27)16-17(22-19(29-16)24-9-4-5-10-24)23-20(25)28-12-15(26)21-14-8-6-7-13(2)11-14/h6-8,11H,3-5,9-10,12H2,1-2H3,(H,21,26). The summed E-state index contributed by atoms with van der Waals surface area (Å²) >= 11 is 2.68. The van der Waals surface area contributed by atoms with Gasteiger partial charge < -0.3 is 10.2 Å². The van der Waals surface area contributed by atoms with Crippen molar-refractivity contribution in [1.82, 2.24) is 14.5 Å². The minimum atomic E-state index is -0.131. The second-order valence-electron chi connectivity index (χ2n) is 6.99. The van der Waals surface area contributed by atoms with Crippen molar-refractivity contribution in [3.05, 3.63) is 40.2 Å². The van der Waals surface area contributed by atoms with Gasteiger partial charge in [-0.15, -0.1) is 0 Å². The maximum absolute atomic E-state index is 12.9. The molecule has 2 aromatic heterocycles. The van der Waals surface area contributed by atoms with Crippen LogP contribution in [0.5, 0.6) is 0 Å². The lowest BCUT2D eigenvalue weighted by molar-refractivity contribution is -0.113. The summed E-state index contributed by atoms with van der Waals surface area (Å²) in [6, 6.07) is 7.66. The molecule has 7 nitrogen and oxygen atoms in total. The van der Waals surface area contributed by atoms with Gasteiger partial charge in [0.1, 0.15) is 4.70 Å². The summed E-state index contributed by atoms with van der Waals surface area (Å²) in [7, 11) is 0. The molecule has 1 aromatic carbocycles. The maximum Gasteiger partial charge on any atom is 0.273 e. The van der Waals surface area contributed by atoms with E-state index in [1.54, 1.807) is 4.57 Å². The van der Waals surface area contributed by atoms with Gasteiger partial charge in [-0.05, 0) is 44.4 Å². The molecule has 152 valence electrons. The zero-order chi connectivity index (χ0) is 20.4. The number of aryl methyl sites for hydroxylation is 1. The van der Waals surface area contributed by atoms with Crippen LogP contribution in [0.3, 0.4) is 0 Å². The maximum atomic E-state index is 12.9. The second kappa shape index (κ2) is 8.54. The molecule has 29 heavy (non-hydrogen) atoms. The summed E-state index contributed by atoms with van der Waals surface area (Å²) in [4.78, 5) is 36.7. The van der Waals surface area contributed by atoms with E-state index in [0.29, 0.717) is 22.0 Å². The fourth-order valence-electron chi connectivity index (χ4n) is 3.36. The fraction of sp³-hybridized carbons (Fsp3) is 0.400. The van der Waals surface area contributed by atoms with Crippen LogP contribution < -0.4 is 15.8 Å². The van der Waals surface area contributed by atoms with Gasteiger partial charge in [0.15, 0.2) is 15.9 Å². The number of hydrogen-bond acceptors (Lipinski definition) is 7. The van der Waals surface area contributed by atoms with E-state index in [2.05, 4.69) is 20.2 Å². The lowest BCUT2D eigenvalue weighted by Gasteiger charge is -2.11. The lowest BCUT2D eigenvalue weighted by Crippen LogP contribution is -2.23. The molecule has 3 aromatic rings. The number of carbonyl (C=O) groups excluding carboxylic acids is 1. The van der Waals surface area contributed by atoms with E-state index in [0.717, 1.165) is 42.3 Å². The molecular weight excluding hydrogens is 406 g/mol. The van der Waals surface area contributed by atoms with E-state index in [9.17, 15) is 9.59 Å². The summed E-state index contributed by atoms with van der Waals surface area (Å²) in [5.74, 6) is 0.0447. The molecule has 0 atom stereocenters. The number of nitrogens with zero attached hydrogens (tertiary/aromatic N) is 4. The molecule has 1 aliphatic heterocycles. The van der Waals surface area contributed by atoms with Crippen molar-refractivity contribution in [3.63, 3.8) is 0 Å². The van der Waals surface area contributed by atoms with Crippen molar-refractivity contribution >= 4 is 50.2 Å². The highest BCUT2D eigenvalue weighted by molar-refractivity contribution is 7.99. The number of hydrogen-bond donors (Lipinski definition) is 1. The summed E-state index contributed by atoms with van der Waals surface area (Å²) in [6.45, 7) is 6.34. The fourth-order valence-corrected chi connectivity index (χ4v) is 5.22. The van der Waals surface area contributed by atoms with Crippen molar-refractivity contribution in [2.45, 2.75) is 38.4 Å². The van der Waals surface area contributed by atoms with Crippen LogP contribution in [0.25, 0.3) is 10.3 Å². The first kappa shape index (κ1) is 19.9. The lowest BCUT2D eigenvalue weighted by atomic mass is 10.2. The molecule has 0 radical (unpaired) electrons.